The molecule has 1 nitrogen and oxygen atoms in total. The first-order valence-electron chi connectivity index (χ1n) is 4.41. The molecule has 13 heavy (non-hydrogen) atoms. The third-order valence-corrected chi connectivity index (χ3v) is 2.99. The zero-order valence-corrected chi connectivity index (χ0v) is 8.85. The van der Waals surface area contributed by atoms with Crippen molar-refractivity contribution >= 4 is 21.6 Å². The van der Waals surface area contributed by atoms with Crippen molar-refractivity contribution in [2.75, 3.05) is 18.0 Å². The standard InChI is InChI=1S/C10H11BrFN/c11-7-8-3-1-4-9(12)10(8)13-5-2-6-13/h1,3-4H,2,5-7H2. The van der Waals surface area contributed by atoms with Crippen LogP contribution in [0.4, 0.5) is 10.1 Å². The molecule has 0 saturated carbocycles. The van der Waals surface area contributed by atoms with Crippen molar-refractivity contribution < 1.29 is 4.39 Å². The van der Waals surface area contributed by atoms with Gasteiger partial charge in [0, 0.05) is 18.4 Å². The van der Waals surface area contributed by atoms with Crippen LogP contribution in [0.3, 0.4) is 0 Å². The maximum atomic E-state index is 13.4. The second-order valence-corrected chi connectivity index (χ2v) is 3.78. The van der Waals surface area contributed by atoms with Crippen LogP contribution in [0.5, 0.6) is 0 Å². The number of hydrogen-bond donors (Lipinski definition) is 0. The van der Waals surface area contributed by atoms with Crippen molar-refractivity contribution in [2.24, 2.45) is 0 Å². The van der Waals surface area contributed by atoms with Crippen molar-refractivity contribution in [3.63, 3.8) is 0 Å². The third kappa shape index (κ3) is 1.57. The van der Waals surface area contributed by atoms with E-state index in [9.17, 15) is 4.39 Å². The van der Waals surface area contributed by atoms with Gasteiger partial charge in [-0.15, -0.1) is 0 Å². The minimum atomic E-state index is -0.100. The summed E-state index contributed by atoms with van der Waals surface area (Å²) in [7, 11) is 0. The Morgan fingerprint density at radius 1 is 1.38 bits per heavy atom. The van der Waals surface area contributed by atoms with Crippen LogP contribution in [0.2, 0.25) is 0 Å². The van der Waals surface area contributed by atoms with Crippen LogP contribution in [0.25, 0.3) is 0 Å². The molecule has 1 aromatic rings. The fourth-order valence-corrected chi connectivity index (χ4v) is 2.01. The van der Waals surface area contributed by atoms with Gasteiger partial charge in [-0.3, -0.25) is 0 Å². The van der Waals surface area contributed by atoms with Gasteiger partial charge in [-0.25, -0.2) is 4.39 Å². The molecule has 3 heteroatoms. The van der Waals surface area contributed by atoms with Crippen molar-refractivity contribution in [3.8, 4) is 0 Å². The van der Waals surface area contributed by atoms with Gasteiger partial charge in [0.25, 0.3) is 0 Å². The van der Waals surface area contributed by atoms with Crippen LogP contribution < -0.4 is 4.90 Å². The zero-order valence-electron chi connectivity index (χ0n) is 7.26. The Bertz CT molecular complexity index is 310. The Morgan fingerprint density at radius 2 is 2.15 bits per heavy atom. The highest BCUT2D eigenvalue weighted by Crippen LogP contribution is 2.29. The SMILES string of the molecule is Fc1cccc(CBr)c1N1CCC1. The minimum Gasteiger partial charge on any atom is -0.369 e. The number of benzene rings is 1. The summed E-state index contributed by atoms with van der Waals surface area (Å²) in [6.07, 6.45) is 1.18. The normalized spacial score (nSPS) is 15.7. The highest BCUT2D eigenvalue weighted by Gasteiger charge is 2.20. The lowest BCUT2D eigenvalue weighted by atomic mass is 10.1. The maximum absolute atomic E-state index is 13.4. The lowest BCUT2D eigenvalue weighted by molar-refractivity contribution is 0.571. The molecule has 1 aromatic carbocycles. The van der Waals surface area contributed by atoms with Crippen molar-refractivity contribution in [1.82, 2.24) is 0 Å². The number of alkyl halides is 1. The van der Waals surface area contributed by atoms with Crippen molar-refractivity contribution in [1.29, 1.82) is 0 Å². The second kappa shape index (κ2) is 3.66. The van der Waals surface area contributed by atoms with E-state index < -0.39 is 0 Å². The average molecular weight is 244 g/mol. The summed E-state index contributed by atoms with van der Waals surface area (Å²) >= 11 is 3.37. The summed E-state index contributed by atoms with van der Waals surface area (Å²) in [4.78, 5) is 2.09. The lowest BCUT2D eigenvalue weighted by Gasteiger charge is -2.34. The van der Waals surface area contributed by atoms with Crippen LogP contribution in [0, 0.1) is 5.82 Å². The van der Waals surface area contributed by atoms with E-state index in [-0.39, 0.29) is 5.82 Å². The van der Waals surface area contributed by atoms with Gasteiger partial charge < -0.3 is 4.90 Å². The van der Waals surface area contributed by atoms with E-state index >= 15 is 0 Å². The largest absolute Gasteiger partial charge is 0.369 e. The first kappa shape index (κ1) is 9.00. The molecule has 1 saturated heterocycles. The molecule has 0 unspecified atom stereocenters. The summed E-state index contributed by atoms with van der Waals surface area (Å²) in [6, 6.07) is 5.25. The fraction of sp³-hybridized carbons (Fsp3) is 0.400. The number of nitrogens with zero attached hydrogens (tertiary/aromatic N) is 1. The molecule has 0 spiro atoms. The third-order valence-electron chi connectivity index (χ3n) is 2.39. The van der Waals surface area contributed by atoms with Gasteiger partial charge >= 0.3 is 0 Å². The molecule has 0 amide bonds. The molecule has 0 aromatic heterocycles. The first-order valence-corrected chi connectivity index (χ1v) is 5.53. The van der Waals surface area contributed by atoms with E-state index in [2.05, 4.69) is 20.8 Å². The van der Waals surface area contributed by atoms with E-state index in [1.165, 1.54) is 12.5 Å². The second-order valence-electron chi connectivity index (χ2n) is 3.22. The molecule has 2 rings (SSSR count). The molecular weight excluding hydrogens is 233 g/mol. The summed E-state index contributed by atoms with van der Waals surface area (Å²) in [5, 5.41) is 0.719. The Hall–Kier alpha value is -0.570. The predicted octanol–water partition coefficient (Wildman–Crippen LogP) is 2.93. The summed E-state index contributed by atoms with van der Waals surface area (Å²) in [5.41, 5.74) is 1.82. The van der Waals surface area contributed by atoms with E-state index in [0.717, 1.165) is 29.7 Å². The molecule has 0 atom stereocenters. The van der Waals surface area contributed by atoms with E-state index in [1.54, 1.807) is 6.07 Å². The smallest absolute Gasteiger partial charge is 0.146 e. The van der Waals surface area contributed by atoms with Gasteiger partial charge in [0.2, 0.25) is 0 Å². The van der Waals surface area contributed by atoms with Gasteiger partial charge in [-0.2, -0.15) is 0 Å². The monoisotopic (exact) mass is 243 g/mol. The molecule has 1 aliphatic heterocycles. The number of hydrogen-bond acceptors (Lipinski definition) is 1. The van der Waals surface area contributed by atoms with Gasteiger partial charge in [0.1, 0.15) is 5.82 Å². The lowest BCUT2D eigenvalue weighted by Crippen LogP contribution is -2.38. The summed E-state index contributed by atoms with van der Waals surface area (Å²) in [5.74, 6) is -0.100. The Balaban J connectivity index is 2.39. The van der Waals surface area contributed by atoms with Gasteiger partial charge in [-0.05, 0) is 18.1 Å². The quantitative estimate of drug-likeness (QED) is 0.723. The molecule has 0 N–H and O–H groups in total. The summed E-state index contributed by atoms with van der Waals surface area (Å²) < 4.78 is 13.4. The Kier molecular flexibility index (Phi) is 2.54. The van der Waals surface area contributed by atoms with E-state index in [0.29, 0.717) is 0 Å². The Morgan fingerprint density at radius 3 is 2.69 bits per heavy atom. The highest BCUT2D eigenvalue weighted by atomic mass is 79.9. The molecule has 1 aliphatic rings. The molecular formula is C10H11BrFN. The van der Waals surface area contributed by atoms with Gasteiger partial charge in [0.15, 0.2) is 0 Å². The number of para-hydroxylation sites is 1. The number of halogens is 2. The molecule has 1 fully saturated rings. The van der Waals surface area contributed by atoms with Gasteiger partial charge in [0.05, 0.1) is 5.69 Å². The first-order chi connectivity index (χ1) is 6.33. The fourth-order valence-electron chi connectivity index (χ4n) is 1.56. The molecule has 1 heterocycles. The zero-order chi connectivity index (χ0) is 9.26. The van der Waals surface area contributed by atoms with Crippen LogP contribution in [0.15, 0.2) is 18.2 Å². The number of anilines is 1. The Labute approximate surface area is 85.7 Å². The van der Waals surface area contributed by atoms with E-state index in [1.807, 2.05) is 6.07 Å². The molecule has 0 bridgehead atoms. The average Bonchev–Trinajstić information content (AvgIpc) is 2.05. The van der Waals surface area contributed by atoms with Crippen LogP contribution in [-0.2, 0) is 5.33 Å². The van der Waals surface area contributed by atoms with Gasteiger partial charge in [-0.1, -0.05) is 28.1 Å². The molecule has 0 radical (unpaired) electrons. The number of rotatable bonds is 2. The van der Waals surface area contributed by atoms with E-state index in [4.69, 9.17) is 0 Å². The van der Waals surface area contributed by atoms with Crippen molar-refractivity contribution in [3.05, 3.63) is 29.6 Å². The topological polar surface area (TPSA) is 3.24 Å². The van der Waals surface area contributed by atoms with Crippen LogP contribution in [0.1, 0.15) is 12.0 Å². The van der Waals surface area contributed by atoms with Crippen LogP contribution >= 0.6 is 15.9 Å². The molecule has 70 valence electrons. The van der Waals surface area contributed by atoms with Crippen molar-refractivity contribution in [2.45, 2.75) is 11.8 Å². The highest BCUT2D eigenvalue weighted by molar-refractivity contribution is 9.08. The predicted molar refractivity (Wildman–Crippen MR) is 55.9 cm³/mol. The maximum Gasteiger partial charge on any atom is 0.146 e. The minimum absolute atomic E-state index is 0.100. The van der Waals surface area contributed by atoms with Crippen LogP contribution in [-0.4, -0.2) is 13.1 Å². The molecule has 0 aliphatic carbocycles. The summed E-state index contributed by atoms with van der Waals surface area (Å²) in [6.45, 7) is 1.97.